The summed E-state index contributed by atoms with van der Waals surface area (Å²) in [6.45, 7) is 2.99. The maximum atomic E-state index is 11.8. The molecule has 0 saturated carbocycles. The lowest BCUT2D eigenvalue weighted by Crippen LogP contribution is -2.42. The van der Waals surface area contributed by atoms with Crippen LogP contribution in [0.15, 0.2) is 34.9 Å². The molecule has 0 aliphatic carbocycles. The van der Waals surface area contributed by atoms with E-state index in [9.17, 15) is 9.59 Å². The summed E-state index contributed by atoms with van der Waals surface area (Å²) in [5.41, 5.74) is 0.495. The van der Waals surface area contributed by atoms with Crippen molar-refractivity contribution in [3.8, 4) is 0 Å². The summed E-state index contributed by atoms with van der Waals surface area (Å²) < 4.78 is 10.0. The molecular weight excluding hydrogens is 314 g/mol. The Hall–Kier alpha value is -1.66. The molecule has 0 aromatic heterocycles. The minimum Gasteiger partial charge on any atom is -0.419 e. The Balaban J connectivity index is 2.23. The van der Waals surface area contributed by atoms with Crippen LogP contribution in [0.4, 0.5) is 5.69 Å². The summed E-state index contributed by atoms with van der Waals surface area (Å²) >= 11 is 7.45. The highest BCUT2D eigenvalue weighted by molar-refractivity contribution is 7.98. The quantitative estimate of drug-likeness (QED) is 0.398. The molecule has 7 heteroatoms. The van der Waals surface area contributed by atoms with E-state index in [2.05, 4.69) is 5.32 Å². The molecule has 0 radical (unpaired) electrons. The van der Waals surface area contributed by atoms with Gasteiger partial charge in [0.25, 0.3) is 5.79 Å². The number of benzene rings is 1. The molecule has 1 heterocycles. The molecule has 1 saturated heterocycles. The third-order valence-electron chi connectivity index (χ3n) is 2.65. The van der Waals surface area contributed by atoms with E-state index in [1.54, 1.807) is 12.1 Å². The fourth-order valence-electron chi connectivity index (χ4n) is 1.72. The Morgan fingerprint density at radius 3 is 2.43 bits per heavy atom. The van der Waals surface area contributed by atoms with Gasteiger partial charge in [-0.2, -0.15) is 0 Å². The van der Waals surface area contributed by atoms with Gasteiger partial charge in [-0.05, 0) is 24.5 Å². The Bertz CT molecular complexity index is 605. The van der Waals surface area contributed by atoms with Crippen LogP contribution >= 0.6 is 23.4 Å². The number of hydrogen-bond donors (Lipinski definition) is 1. The van der Waals surface area contributed by atoms with Crippen LogP contribution in [0, 0.1) is 0 Å². The highest BCUT2D eigenvalue weighted by Crippen LogP contribution is 2.29. The predicted octanol–water partition coefficient (Wildman–Crippen LogP) is 3.19. The van der Waals surface area contributed by atoms with E-state index < -0.39 is 17.7 Å². The first kappa shape index (κ1) is 15.7. The van der Waals surface area contributed by atoms with Crippen molar-refractivity contribution in [2.24, 2.45) is 0 Å². The molecule has 0 unspecified atom stereocenters. The molecule has 1 N–H and O–H groups in total. The Morgan fingerprint density at radius 1 is 1.24 bits per heavy atom. The Labute approximate surface area is 131 Å². The van der Waals surface area contributed by atoms with E-state index in [4.69, 9.17) is 21.1 Å². The largest absolute Gasteiger partial charge is 0.419 e. The van der Waals surface area contributed by atoms with Crippen LogP contribution in [0.2, 0.25) is 5.02 Å². The first-order chi connectivity index (χ1) is 9.82. The Morgan fingerprint density at radius 2 is 1.86 bits per heavy atom. The average Bonchev–Trinajstić information content (AvgIpc) is 2.36. The molecule has 0 amide bonds. The van der Waals surface area contributed by atoms with E-state index >= 15 is 0 Å². The second-order valence-corrected chi connectivity index (χ2v) is 6.01. The summed E-state index contributed by atoms with van der Waals surface area (Å²) in [6.07, 6.45) is 3.18. The van der Waals surface area contributed by atoms with Crippen LogP contribution in [0.3, 0.4) is 0 Å². The number of thioether (sulfide) groups is 1. The van der Waals surface area contributed by atoms with Crippen molar-refractivity contribution in [3.05, 3.63) is 35.0 Å². The molecule has 1 aromatic rings. The van der Waals surface area contributed by atoms with Gasteiger partial charge in [0, 0.05) is 30.0 Å². The minimum absolute atomic E-state index is 0.193. The van der Waals surface area contributed by atoms with Gasteiger partial charge in [-0.3, -0.25) is 0 Å². The maximum Gasteiger partial charge on any atom is 0.350 e. The number of anilines is 1. The van der Waals surface area contributed by atoms with Crippen molar-refractivity contribution in [1.82, 2.24) is 0 Å². The number of rotatable bonds is 3. The molecular formula is C14H14ClNO4S. The predicted molar refractivity (Wildman–Crippen MR) is 81.2 cm³/mol. The van der Waals surface area contributed by atoms with Gasteiger partial charge in [0.1, 0.15) is 0 Å². The van der Waals surface area contributed by atoms with Crippen LogP contribution < -0.4 is 5.32 Å². The number of carbonyl (C=O) groups is 2. The highest BCUT2D eigenvalue weighted by Gasteiger charge is 2.38. The molecule has 112 valence electrons. The van der Waals surface area contributed by atoms with Gasteiger partial charge < -0.3 is 14.8 Å². The van der Waals surface area contributed by atoms with Gasteiger partial charge in [-0.25, -0.2) is 9.59 Å². The van der Waals surface area contributed by atoms with Gasteiger partial charge >= 0.3 is 11.9 Å². The lowest BCUT2D eigenvalue weighted by Gasteiger charge is -2.29. The van der Waals surface area contributed by atoms with Crippen molar-refractivity contribution < 1.29 is 19.1 Å². The number of hydrogen-bond acceptors (Lipinski definition) is 6. The number of carbonyl (C=O) groups excluding carboxylic acids is 2. The number of cyclic esters (lactones) is 2. The molecule has 1 aliphatic heterocycles. The van der Waals surface area contributed by atoms with Gasteiger partial charge in [0.15, 0.2) is 5.57 Å². The van der Waals surface area contributed by atoms with Gasteiger partial charge in [0.2, 0.25) is 0 Å². The molecule has 21 heavy (non-hydrogen) atoms. The SMILES string of the molecule is CSc1ccc(Cl)cc1NC=C1C(=O)OC(C)(C)OC1=O. The smallest absolute Gasteiger partial charge is 0.350 e. The van der Waals surface area contributed by atoms with Gasteiger partial charge in [0.05, 0.1) is 5.69 Å². The fourth-order valence-corrected chi connectivity index (χ4v) is 2.44. The summed E-state index contributed by atoms with van der Waals surface area (Å²) in [6, 6.07) is 5.31. The molecule has 5 nitrogen and oxygen atoms in total. The summed E-state index contributed by atoms with van der Waals surface area (Å²) in [7, 11) is 0. The van der Waals surface area contributed by atoms with Crippen molar-refractivity contribution in [1.29, 1.82) is 0 Å². The zero-order valence-electron chi connectivity index (χ0n) is 11.7. The second-order valence-electron chi connectivity index (χ2n) is 4.73. The third-order valence-corrected chi connectivity index (χ3v) is 3.68. The molecule has 1 aliphatic rings. The van der Waals surface area contributed by atoms with Crippen LogP contribution in [0.25, 0.3) is 0 Å². The summed E-state index contributed by atoms with van der Waals surface area (Å²) in [5.74, 6) is -2.70. The fraction of sp³-hybridized carbons (Fsp3) is 0.286. The zero-order chi connectivity index (χ0) is 15.6. The number of nitrogens with one attached hydrogen (secondary N) is 1. The van der Waals surface area contributed by atoms with E-state index in [-0.39, 0.29) is 5.57 Å². The standard InChI is InChI=1S/C14H14ClNO4S/c1-14(2)19-12(17)9(13(18)20-14)7-16-10-6-8(15)4-5-11(10)21-3/h4-7,16H,1-3H3. The molecule has 0 atom stereocenters. The maximum absolute atomic E-state index is 11.8. The topological polar surface area (TPSA) is 64.6 Å². The summed E-state index contributed by atoms with van der Waals surface area (Å²) in [4.78, 5) is 24.5. The highest BCUT2D eigenvalue weighted by atomic mass is 35.5. The van der Waals surface area contributed by atoms with Gasteiger partial charge in [-0.1, -0.05) is 11.6 Å². The van der Waals surface area contributed by atoms with Crippen LogP contribution in [-0.4, -0.2) is 24.0 Å². The van der Waals surface area contributed by atoms with Crippen molar-refractivity contribution in [3.63, 3.8) is 0 Å². The third kappa shape index (κ3) is 3.71. The normalized spacial score (nSPS) is 17.0. The molecule has 2 rings (SSSR count). The average molecular weight is 328 g/mol. The number of ether oxygens (including phenoxy) is 2. The van der Waals surface area contributed by atoms with Crippen molar-refractivity contribution in [2.45, 2.75) is 24.5 Å². The first-order valence-corrected chi connectivity index (χ1v) is 7.69. The second kappa shape index (κ2) is 5.99. The molecule has 1 fully saturated rings. The number of esters is 2. The van der Waals surface area contributed by atoms with Gasteiger partial charge in [-0.15, -0.1) is 11.8 Å². The van der Waals surface area contributed by atoms with Crippen LogP contribution in [0.5, 0.6) is 0 Å². The van der Waals surface area contributed by atoms with Crippen molar-refractivity contribution in [2.75, 3.05) is 11.6 Å². The van der Waals surface area contributed by atoms with E-state index in [0.29, 0.717) is 10.7 Å². The first-order valence-electron chi connectivity index (χ1n) is 6.09. The molecule has 0 spiro atoms. The zero-order valence-corrected chi connectivity index (χ0v) is 13.3. The van der Waals surface area contributed by atoms with E-state index in [1.807, 2.05) is 12.3 Å². The van der Waals surface area contributed by atoms with E-state index in [0.717, 1.165) is 4.90 Å². The van der Waals surface area contributed by atoms with Crippen LogP contribution in [-0.2, 0) is 19.1 Å². The molecule has 0 bridgehead atoms. The monoisotopic (exact) mass is 327 g/mol. The lowest BCUT2D eigenvalue weighted by molar-refractivity contribution is -0.222. The lowest BCUT2D eigenvalue weighted by atomic mass is 10.2. The summed E-state index contributed by atoms with van der Waals surface area (Å²) in [5, 5.41) is 3.44. The van der Waals surface area contributed by atoms with Crippen molar-refractivity contribution >= 4 is 41.0 Å². The van der Waals surface area contributed by atoms with E-state index in [1.165, 1.54) is 31.8 Å². The minimum atomic E-state index is -1.24. The Kier molecular flexibility index (Phi) is 4.49. The number of halogens is 1. The molecule has 1 aromatic carbocycles. The van der Waals surface area contributed by atoms with Crippen LogP contribution in [0.1, 0.15) is 13.8 Å².